The number of amides is 2. The standard InChI is InChI=1S/C23H28N4O3/c1-15-6-8-17(9-7-15)13-21(29)27-11-4-3-5-20(27)22-24-19-14-26(16(2)28)12-10-18(19)23(30)25-22/h6-9,20H,3-5,10-14H2,1-2H3,(H,24,25,30)/t20-/m1/s1. The summed E-state index contributed by atoms with van der Waals surface area (Å²) in [7, 11) is 0. The number of nitrogens with one attached hydrogen (secondary N) is 1. The molecule has 3 heterocycles. The summed E-state index contributed by atoms with van der Waals surface area (Å²) in [6.07, 6.45) is 3.56. The fraction of sp³-hybridized carbons (Fsp3) is 0.478. The van der Waals surface area contributed by atoms with Crippen LogP contribution in [0.3, 0.4) is 0 Å². The van der Waals surface area contributed by atoms with Crippen molar-refractivity contribution in [3.8, 4) is 0 Å². The third-order valence-electron chi connectivity index (χ3n) is 6.15. The van der Waals surface area contributed by atoms with Crippen molar-refractivity contribution in [2.45, 2.75) is 58.5 Å². The molecule has 2 aromatic rings. The van der Waals surface area contributed by atoms with Crippen LogP contribution in [0.5, 0.6) is 0 Å². The summed E-state index contributed by atoms with van der Waals surface area (Å²) in [5.74, 6) is 0.576. The molecule has 158 valence electrons. The highest BCUT2D eigenvalue weighted by atomic mass is 16.2. The van der Waals surface area contributed by atoms with Crippen molar-refractivity contribution in [1.82, 2.24) is 19.8 Å². The molecule has 0 radical (unpaired) electrons. The number of hydrogen-bond acceptors (Lipinski definition) is 4. The monoisotopic (exact) mass is 408 g/mol. The molecule has 2 aliphatic heterocycles. The molecule has 2 amide bonds. The Morgan fingerprint density at radius 1 is 1.17 bits per heavy atom. The van der Waals surface area contributed by atoms with Gasteiger partial charge in [-0.05, 0) is 38.2 Å². The van der Waals surface area contributed by atoms with E-state index in [0.717, 1.165) is 30.4 Å². The Balaban J connectivity index is 1.59. The first-order chi connectivity index (χ1) is 14.4. The van der Waals surface area contributed by atoms with Gasteiger partial charge in [0.1, 0.15) is 5.82 Å². The number of fused-ring (bicyclic) bond motifs is 1. The zero-order valence-electron chi connectivity index (χ0n) is 17.6. The molecule has 30 heavy (non-hydrogen) atoms. The number of carbonyl (C=O) groups excluding carboxylic acids is 2. The smallest absolute Gasteiger partial charge is 0.254 e. The summed E-state index contributed by atoms with van der Waals surface area (Å²) in [5.41, 5.74) is 3.32. The van der Waals surface area contributed by atoms with E-state index in [1.54, 1.807) is 4.90 Å². The lowest BCUT2D eigenvalue weighted by Crippen LogP contribution is -2.42. The van der Waals surface area contributed by atoms with Gasteiger partial charge >= 0.3 is 0 Å². The van der Waals surface area contributed by atoms with Crippen LogP contribution >= 0.6 is 0 Å². The van der Waals surface area contributed by atoms with Crippen LogP contribution < -0.4 is 5.56 Å². The number of piperidine rings is 1. The first-order valence-corrected chi connectivity index (χ1v) is 10.6. The van der Waals surface area contributed by atoms with E-state index in [4.69, 9.17) is 4.98 Å². The molecule has 1 N–H and O–H groups in total. The van der Waals surface area contributed by atoms with E-state index in [1.807, 2.05) is 36.1 Å². The molecule has 0 saturated carbocycles. The van der Waals surface area contributed by atoms with Crippen molar-refractivity contribution in [2.24, 2.45) is 0 Å². The molecule has 1 aromatic heterocycles. The van der Waals surface area contributed by atoms with Gasteiger partial charge in [0.05, 0.1) is 24.7 Å². The largest absolute Gasteiger partial charge is 0.337 e. The van der Waals surface area contributed by atoms with E-state index in [2.05, 4.69) is 4.98 Å². The Labute approximate surface area is 176 Å². The second-order valence-corrected chi connectivity index (χ2v) is 8.33. The average Bonchev–Trinajstić information content (AvgIpc) is 2.74. The van der Waals surface area contributed by atoms with Crippen LogP contribution in [-0.2, 0) is 29.0 Å². The number of rotatable bonds is 3. The average molecular weight is 409 g/mol. The van der Waals surface area contributed by atoms with Gasteiger partial charge < -0.3 is 14.8 Å². The van der Waals surface area contributed by atoms with Crippen LogP contribution in [0.15, 0.2) is 29.1 Å². The number of carbonyl (C=O) groups is 2. The topological polar surface area (TPSA) is 86.4 Å². The maximum atomic E-state index is 13.1. The van der Waals surface area contributed by atoms with Crippen LogP contribution in [-0.4, -0.2) is 44.7 Å². The summed E-state index contributed by atoms with van der Waals surface area (Å²) < 4.78 is 0. The van der Waals surface area contributed by atoms with Crippen LogP contribution in [0.4, 0.5) is 0 Å². The van der Waals surface area contributed by atoms with Crippen molar-refractivity contribution in [2.75, 3.05) is 13.1 Å². The highest BCUT2D eigenvalue weighted by Gasteiger charge is 2.31. The number of aromatic amines is 1. The quantitative estimate of drug-likeness (QED) is 0.844. The second-order valence-electron chi connectivity index (χ2n) is 8.33. The van der Waals surface area contributed by atoms with Gasteiger partial charge in [0.2, 0.25) is 11.8 Å². The van der Waals surface area contributed by atoms with E-state index >= 15 is 0 Å². The Kier molecular flexibility index (Phi) is 5.70. The van der Waals surface area contributed by atoms with Gasteiger partial charge in [-0.15, -0.1) is 0 Å². The molecular weight excluding hydrogens is 380 g/mol. The van der Waals surface area contributed by atoms with Crippen molar-refractivity contribution < 1.29 is 9.59 Å². The zero-order chi connectivity index (χ0) is 21.3. The molecule has 1 fully saturated rings. The minimum Gasteiger partial charge on any atom is -0.337 e. The molecule has 7 heteroatoms. The molecule has 0 unspecified atom stereocenters. The summed E-state index contributed by atoms with van der Waals surface area (Å²) in [5, 5.41) is 0. The first kappa shape index (κ1) is 20.3. The van der Waals surface area contributed by atoms with Crippen LogP contribution in [0.2, 0.25) is 0 Å². The van der Waals surface area contributed by atoms with Gasteiger partial charge in [-0.2, -0.15) is 0 Å². The first-order valence-electron chi connectivity index (χ1n) is 10.6. The van der Waals surface area contributed by atoms with Crippen molar-refractivity contribution in [3.05, 3.63) is 62.8 Å². The summed E-state index contributed by atoms with van der Waals surface area (Å²) in [4.78, 5) is 48.8. The van der Waals surface area contributed by atoms with Gasteiger partial charge in [0, 0.05) is 25.6 Å². The number of likely N-dealkylation sites (tertiary alicyclic amines) is 1. The normalized spacial score (nSPS) is 18.8. The summed E-state index contributed by atoms with van der Waals surface area (Å²) >= 11 is 0. The maximum Gasteiger partial charge on any atom is 0.254 e. The van der Waals surface area contributed by atoms with Crippen molar-refractivity contribution >= 4 is 11.8 Å². The van der Waals surface area contributed by atoms with E-state index in [1.165, 1.54) is 6.92 Å². The highest BCUT2D eigenvalue weighted by molar-refractivity contribution is 5.79. The van der Waals surface area contributed by atoms with Crippen LogP contribution in [0.25, 0.3) is 0 Å². The van der Waals surface area contributed by atoms with Gasteiger partial charge in [-0.3, -0.25) is 14.4 Å². The summed E-state index contributed by atoms with van der Waals surface area (Å²) in [6, 6.07) is 7.77. The third kappa shape index (κ3) is 4.15. The predicted octanol–water partition coefficient (Wildman–Crippen LogP) is 2.28. The molecule has 0 spiro atoms. The lowest BCUT2D eigenvalue weighted by Gasteiger charge is -2.36. The van der Waals surface area contributed by atoms with Crippen LogP contribution in [0, 0.1) is 6.92 Å². The van der Waals surface area contributed by atoms with Crippen LogP contribution in [0.1, 0.15) is 60.4 Å². The lowest BCUT2D eigenvalue weighted by molar-refractivity contribution is -0.134. The minimum atomic E-state index is -0.234. The van der Waals surface area contributed by atoms with E-state index in [9.17, 15) is 14.4 Å². The number of benzene rings is 1. The van der Waals surface area contributed by atoms with Gasteiger partial charge in [0.15, 0.2) is 0 Å². The van der Waals surface area contributed by atoms with Crippen molar-refractivity contribution in [1.29, 1.82) is 0 Å². The number of aryl methyl sites for hydroxylation is 1. The Hall–Kier alpha value is -2.96. The molecule has 7 nitrogen and oxygen atoms in total. The molecule has 2 aliphatic rings. The van der Waals surface area contributed by atoms with Gasteiger partial charge in [-0.25, -0.2) is 4.98 Å². The van der Waals surface area contributed by atoms with E-state index in [-0.39, 0.29) is 23.4 Å². The minimum absolute atomic E-state index is 0.0168. The maximum absolute atomic E-state index is 13.1. The molecule has 1 saturated heterocycles. The predicted molar refractivity (Wildman–Crippen MR) is 113 cm³/mol. The number of nitrogens with zero attached hydrogens (tertiary/aromatic N) is 3. The molecule has 1 atom stereocenters. The third-order valence-corrected chi connectivity index (χ3v) is 6.15. The fourth-order valence-corrected chi connectivity index (χ4v) is 4.38. The van der Waals surface area contributed by atoms with E-state index < -0.39 is 0 Å². The highest BCUT2D eigenvalue weighted by Crippen LogP contribution is 2.30. The van der Waals surface area contributed by atoms with Gasteiger partial charge in [0.25, 0.3) is 5.56 Å². The second kappa shape index (κ2) is 8.42. The number of aromatic nitrogens is 2. The molecule has 0 bridgehead atoms. The van der Waals surface area contributed by atoms with Gasteiger partial charge in [-0.1, -0.05) is 29.8 Å². The number of hydrogen-bond donors (Lipinski definition) is 1. The molecular formula is C23H28N4O3. The molecule has 1 aromatic carbocycles. The van der Waals surface area contributed by atoms with E-state index in [0.29, 0.717) is 49.6 Å². The molecule has 4 rings (SSSR count). The lowest BCUT2D eigenvalue weighted by atomic mass is 9.99. The fourth-order valence-electron chi connectivity index (χ4n) is 4.38. The Bertz CT molecular complexity index is 1010. The number of H-pyrrole nitrogens is 1. The Morgan fingerprint density at radius 3 is 2.67 bits per heavy atom. The Morgan fingerprint density at radius 2 is 1.93 bits per heavy atom. The molecule has 0 aliphatic carbocycles. The zero-order valence-corrected chi connectivity index (χ0v) is 17.6. The summed E-state index contributed by atoms with van der Waals surface area (Å²) in [6.45, 7) is 5.11. The SMILES string of the molecule is CC(=O)N1CCc2c(nc([C@H]3CCCCN3C(=O)Cc3ccc(C)cc3)[nH]c2=O)C1. The van der Waals surface area contributed by atoms with Crippen molar-refractivity contribution in [3.63, 3.8) is 0 Å².